The summed E-state index contributed by atoms with van der Waals surface area (Å²) in [6.07, 6.45) is 10.2. The molecule has 0 radical (unpaired) electrons. The van der Waals surface area contributed by atoms with Crippen molar-refractivity contribution >= 4 is 45.3 Å². The number of carboxylic acids is 1. The minimum atomic E-state index is -0.999. The van der Waals surface area contributed by atoms with E-state index in [1.54, 1.807) is 0 Å². The Kier molecular flexibility index (Phi) is 6.96. The molecule has 182 valence electrons. The number of hydrogen-bond donors (Lipinski definition) is 2. The summed E-state index contributed by atoms with van der Waals surface area (Å²) < 4.78 is 5.45. The SMILES string of the molecule is O=C(O)/C=C/c1cccc(NC(=O)C2(Cc3ccc(-c4ccc5sncc5c4)cc3)CCCCC2)c1. The minimum Gasteiger partial charge on any atom is -0.478 e. The lowest BCUT2D eigenvalue weighted by Gasteiger charge is -2.36. The van der Waals surface area contributed by atoms with Gasteiger partial charge in [-0.1, -0.05) is 61.7 Å². The van der Waals surface area contributed by atoms with Gasteiger partial charge >= 0.3 is 5.97 Å². The lowest BCUT2D eigenvalue weighted by atomic mass is 9.69. The van der Waals surface area contributed by atoms with Crippen LogP contribution in [0.25, 0.3) is 27.3 Å². The van der Waals surface area contributed by atoms with Crippen LogP contribution < -0.4 is 5.32 Å². The number of carbonyl (C=O) groups is 2. The molecule has 1 heterocycles. The number of hydrogen-bond acceptors (Lipinski definition) is 4. The highest BCUT2D eigenvalue weighted by Gasteiger charge is 2.39. The van der Waals surface area contributed by atoms with Gasteiger partial charge < -0.3 is 10.4 Å². The van der Waals surface area contributed by atoms with Crippen molar-refractivity contribution in [1.82, 2.24) is 4.37 Å². The van der Waals surface area contributed by atoms with Crippen molar-refractivity contribution in [3.8, 4) is 11.1 Å². The first kappa shape index (κ1) is 23.9. The Morgan fingerprint density at radius 1 is 0.972 bits per heavy atom. The quantitative estimate of drug-likeness (QED) is 0.265. The van der Waals surface area contributed by atoms with E-state index in [1.165, 1.54) is 22.3 Å². The molecule has 1 saturated carbocycles. The molecule has 1 aliphatic rings. The number of anilines is 1. The molecule has 5 rings (SSSR count). The lowest BCUT2D eigenvalue weighted by Crippen LogP contribution is -2.40. The fraction of sp³-hybridized carbons (Fsp3) is 0.233. The van der Waals surface area contributed by atoms with E-state index in [1.807, 2.05) is 30.5 Å². The van der Waals surface area contributed by atoms with Crippen LogP contribution in [0.15, 0.2) is 79.0 Å². The summed E-state index contributed by atoms with van der Waals surface area (Å²) in [4.78, 5) is 24.5. The first-order chi connectivity index (χ1) is 17.5. The Bertz CT molecular complexity index is 1420. The van der Waals surface area contributed by atoms with Crippen LogP contribution in [0.3, 0.4) is 0 Å². The Balaban J connectivity index is 1.34. The molecule has 0 unspecified atom stereocenters. The molecule has 1 aromatic heterocycles. The molecule has 5 nitrogen and oxygen atoms in total. The third-order valence-corrected chi connectivity index (χ3v) is 7.82. The van der Waals surface area contributed by atoms with Gasteiger partial charge in [0.2, 0.25) is 5.91 Å². The van der Waals surface area contributed by atoms with Crippen molar-refractivity contribution in [2.24, 2.45) is 5.41 Å². The maximum Gasteiger partial charge on any atom is 0.328 e. The number of aliphatic carboxylic acids is 1. The monoisotopic (exact) mass is 496 g/mol. The summed E-state index contributed by atoms with van der Waals surface area (Å²) in [6.45, 7) is 0. The van der Waals surface area contributed by atoms with Gasteiger partial charge in [-0.05, 0) is 83.4 Å². The zero-order valence-corrected chi connectivity index (χ0v) is 20.8. The molecule has 0 aliphatic heterocycles. The molecular weight excluding hydrogens is 468 g/mol. The van der Waals surface area contributed by atoms with Crippen LogP contribution in [0.5, 0.6) is 0 Å². The molecule has 1 amide bonds. The van der Waals surface area contributed by atoms with Gasteiger partial charge in [0.15, 0.2) is 0 Å². The van der Waals surface area contributed by atoms with Crippen molar-refractivity contribution < 1.29 is 14.7 Å². The van der Waals surface area contributed by atoms with Crippen molar-refractivity contribution in [2.45, 2.75) is 38.5 Å². The van der Waals surface area contributed by atoms with Crippen molar-refractivity contribution in [3.05, 3.63) is 90.1 Å². The first-order valence-corrected chi connectivity index (χ1v) is 13.0. The summed E-state index contributed by atoms with van der Waals surface area (Å²) in [5, 5.41) is 13.2. The number of nitrogens with one attached hydrogen (secondary N) is 1. The third-order valence-electron chi connectivity index (χ3n) is 7.04. The van der Waals surface area contributed by atoms with Crippen LogP contribution in [0.2, 0.25) is 0 Å². The van der Waals surface area contributed by atoms with Gasteiger partial charge in [0.1, 0.15) is 0 Å². The normalized spacial score (nSPS) is 15.2. The van der Waals surface area contributed by atoms with E-state index in [2.05, 4.69) is 52.2 Å². The summed E-state index contributed by atoms with van der Waals surface area (Å²) in [5.41, 5.74) is 4.45. The number of aromatic nitrogens is 1. The fourth-order valence-corrected chi connectivity index (χ4v) is 5.75. The number of fused-ring (bicyclic) bond motifs is 1. The molecule has 0 spiro atoms. The highest BCUT2D eigenvalue weighted by Crippen LogP contribution is 2.41. The Labute approximate surface area is 214 Å². The van der Waals surface area contributed by atoms with Crippen molar-refractivity contribution in [2.75, 3.05) is 5.32 Å². The van der Waals surface area contributed by atoms with Gasteiger partial charge in [-0.15, -0.1) is 0 Å². The molecule has 1 fully saturated rings. The molecule has 0 atom stereocenters. The van der Waals surface area contributed by atoms with Gasteiger partial charge in [-0.25, -0.2) is 4.79 Å². The molecule has 0 saturated heterocycles. The standard InChI is InChI=1S/C30H28N2O3S/c33-28(34)14-9-21-5-4-6-26(17-21)32-29(35)30(15-2-1-3-16-30)19-22-7-10-23(11-8-22)24-12-13-27-25(18-24)20-31-36-27/h4-14,17-18,20H,1-3,15-16,19H2,(H,32,35)(H,33,34)/b14-9+. The molecular formula is C30H28N2O3S. The Morgan fingerprint density at radius 3 is 2.53 bits per heavy atom. The maximum atomic E-state index is 13.6. The van der Waals surface area contributed by atoms with Crippen molar-refractivity contribution in [3.63, 3.8) is 0 Å². The molecule has 36 heavy (non-hydrogen) atoms. The Hall–Kier alpha value is -3.77. The van der Waals surface area contributed by atoms with Gasteiger partial charge in [0.25, 0.3) is 0 Å². The average molecular weight is 497 g/mol. The van der Waals surface area contributed by atoms with E-state index in [-0.39, 0.29) is 5.91 Å². The van der Waals surface area contributed by atoms with Crippen LogP contribution in [0, 0.1) is 5.41 Å². The average Bonchev–Trinajstić information content (AvgIpc) is 3.37. The smallest absolute Gasteiger partial charge is 0.328 e. The Morgan fingerprint density at radius 2 is 1.75 bits per heavy atom. The molecule has 2 N–H and O–H groups in total. The van der Waals surface area contributed by atoms with Gasteiger partial charge in [0, 0.05) is 23.3 Å². The fourth-order valence-electron chi connectivity index (χ4n) is 5.12. The van der Waals surface area contributed by atoms with Crippen LogP contribution in [0.1, 0.15) is 43.2 Å². The second kappa shape index (κ2) is 10.5. The third kappa shape index (κ3) is 5.39. The van der Waals surface area contributed by atoms with Crippen LogP contribution in [-0.4, -0.2) is 21.4 Å². The van der Waals surface area contributed by atoms with Crippen LogP contribution in [-0.2, 0) is 16.0 Å². The number of nitrogens with zero attached hydrogens (tertiary/aromatic N) is 1. The van der Waals surface area contributed by atoms with Crippen molar-refractivity contribution in [1.29, 1.82) is 0 Å². The zero-order chi connectivity index (χ0) is 25.0. The second-order valence-electron chi connectivity index (χ2n) is 9.54. The van der Waals surface area contributed by atoms with E-state index in [0.29, 0.717) is 12.1 Å². The number of amides is 1. The molecule has 4 aromatic rings. The number of rotatable bonds is 7. The molecule has 0 bridgehead atoms. The minimum absolute atomic E-state index is 0.0426. The van der Waals surface area contributed by atoms with Crippen LogP contribution in [0.4, 0.5) is 5.69 Å². The lowest BCUT2D eigenvalue weighted by molar-refractivity contribution is -0.131. The summed E-state index contributed by atoms with van der Waals surface area (Å²) >= 11 is 1.51. The van der Waals surface area contributed by atoms with Gasteiger partial charge in [-0.3, -0.25) is 4.79 Å². The zero-order valence-electron chi connectivity index (χ0n) is 19.9. The van der Waals surface area contributed by atoms with Gasteiger partial charge in [-0.2, -0.15) is 4.37 Å². The number of carboxylic acid groups (broad SMARTS) is 1. The summed E-state index contributed by atoms with van der Waals surface area (Å²) in [6, 6.07) is 22.3. The van der Waals surface area contributed by atoms with E-state index in [4.69, 9.17) is 5.11 Å². The predicted octanol–water partition coefficient (Wildman–Crippen LogP) is 7.19. The molecule has 1 aliphatic carbocycles. The molecule has 6 heteroatoms. The predicted molar refractivity (Wildman–Crippen MR) is 146 cm³/mol. The first-order valence-electron chi connectivity index (χ1n) is 12.3. The topological polar surface area (TPSA) is 79.3 Å². The number of benzene rings is 3. The van der Waals surface area contributed by atoms with E-state index in [9.17, 15) is 9.59 Å². The maximum absolute atomic E-state index is 13.6. The highest BCUT2D eigenvalue weighted by molar-refractivity contribution is 7.13. The second-order valence-corrected chi connectivity index (χ2v) is 10.4. The largest absolute Gasteiger partial charge is 0.478 e. The number of carbonyl (C=O) groups excluding carboxylic acids is 1. The van der Waals surface area contributed by atoms with Crippen LogP contribution >= 0.6 is 11.5 Å². The van der Waals surface area contributed by atoms with E-state index in [0.717, 1.165) is 65.8 Å². The molecule has 3 aromatic carbocycles. The summed E-state index contributed by atoms with van der Waals surface area (Å²) in [5.74, 6) is -0.957. The van der Waals surface area contributed by atoms with E-state index < -0.39 is 11.4 Å². The summed E-state index contributed by atoms with van der Waals surface area (Å²) in [7, 11) is 0. The highest BCUT2D eigenvalue weighted by atomic mass is 32.1. The van der Waals surface area contributed by atoms with E-state index >= 15 is 0 Å². The van der Waals surface area contributed by atoms with Gasteiger partial charge in [0.05, 0.1) is 10.1 Å².